The van der Waals surface area contributed by atoms with Gasteiger partial charge in [-0.25, -0.2) is 0 Å². The predicted octanol–water partition coefficient (Wildman–Crippen LogP) is 2.99. The minimum Gasteiger partial charge on any atom is -0.314 e. The zero-order chi connectivity index (χ0) is 13.1. The van der Waals surface area contributed by atoms with Crippen LogP contribution in [-0.4, -0.2) is 31.1 Å². The van der Waals surface area contributed by atoms with Crippen LogP contribution < -0.4 is 5.32 Å². The van der Waals surface area contributed by atoms with Gasteiger partial charge in [-0.3, -0.25) is 4.90 Å². The highest BCUT2D eigenvalue weighted by Gasteiger charge is 2.33. The predicted molar refractivity (Wildman–Crippen MR) is 77.8 cm³/mol. The maximum atomic E-state index is 3.60. The molecule has 1 N–H and O–H groups in total. The summed E-state index contributed by atoms with van der Waals surface area (Å²) >= 11 is 0. The molecule has 0 spiro atoms. The van der Waals surface area contributed by atoms with Crippen molar-refractivity contribution < 1.29 is 0 Å². The third kappa shape index (κ3) is 2.93. The topological polar surface area (TPSA) is 15.3 Å². The number of nitrogens with one attached hydrogen (secondary N) is 1. The number of benzene rings is 1. The standard InChI is InChI=1S/C16H26N2/c1-12(2)17-11-14-9-10-18(4)16(14)15-8-6-5-7-13(15)3/h5-8,12,14,16-17H,9-11H2,1-4H3. The summed E-state index contributed by atoms with van der Waals surface area (Å²) in [4.78, 5) is 2.51. The zero-order valence-electron chi connectivity index (χ0n) is 12.1. The van der Waals surface area contributed by atoms with E-state index in [2.05, 4.69) is 62.3 Å². The van der Waals surface area contributed by atoms with Crippen molar-refractivity contribution in [3.63, 3.8) is 0 Å². The third-order valence-corrected chi connectivity index (χ3v) is 4.07. The highest BCUT2D eigenvalue weighted by Crippen LogP contribution is 2.37. The van der Waals surface area contributed by atoms with Crippen molar-refractivity contribution in [2.75, 3.05) is 20.1 Å². The fraction of sp³-hybridized carbons (Fsp3) is 0.625. The van der Waals surface area contributed by atoms with Gasteiger partial charge in [0.1, 0.15) is 0 Å². The van der Waals surface area contributed by atoms with Gasteiger partial charge in [-0.2, -0.15) is 0 Å². The average molecular weight is 246 g/mol. The molecule has 0 aromatic heterocycles. The maximum absolute atomic E-state index is 3.60. The number of likely N-dealkylation sites (tertiary alicyclic amines) is 1. The lowest BCUT2D eigenvalue weighted by molar-refractivity contribution is 0.268. The molecule has 1 heterocycles. The Labute approximate surface area is 111 Å². The van der Waals surface area contributed by atoms with Gasteiger partial charge in [0.05, 0.1) is 0 Å². The van der Waals surface area contributed by atoms with Crippen LogP contribution in [0.25, 0.3) is 0 Å². The largest absolute Gasteiger partial charge is 0.314 e. The highest BCUT2D eigenvalue weighted by atomic mass is 15.2. The van der Waals surface area contributed by atoms with Crippen LogP contribution in [0.4, 0.5) is 0 Å². The molecule has 1 aliphatic rings. The number of aryl methyl sites for hydroxylation is 1. The van der Waals surface area contributed by atoms with E-state index >= 15 is 0 Å². The van der Waals surface area contributed by atoms with Crippen molar-refractivity contribution in [3.8, 4) is 0 Å². The molecule has 2 rings (SSSR count). The number of nitrogens with zero attached hydrogens (tertiary/aromatic N) is 1. The summed E-state index contributed by atoms with van der Waals surface area (Å²) in [6.07, 6.45) is 1.30. The molecule has 1 aromatic rings. The van der Waals surface area contributed by atoms with E-state index in [0.29, 0.717) is 12.1 Å². The Morgan fingerprint density at radius 2 is 2.06 bits per heavy atom. The van der Waals surface area contributed by atoms with Gasteiger partial charge in [-0.15, -0.1) is 0 Å². The smallest absolute Gasteiger partial charge is 0.0388 e. The van der Waals surface area contributed by atoms with Crippen LogP contribution in [0.15, 0.2) is 24.3 Å². The molecule has 0 aliphatic carbocycles. The molecule has 0 bridgehead atoms. The van der Waals surface area contributed by atoms with Crippen LogP contribution in [0.3, 0.4) is 0 Å². The maximum Gasteiger partial charge on any atom is 0.0388 e. The normalized spacial score (nSPS) is 24.9. The van der Waals surface area contributed by atoms with Gasteiger partial charge in [0, 0.05) is 18.6 Å². The second-order valence-corrected chi connectivity index (χ2v) is 5.89. The molecule has 1 aliphatic heterocycles. The van der Waals surface area contributed by atoms with Crippen LogP contribution >= 0.6 is 0 Å². The monoisotopic (exact) mass is 246 g/mol. The molecule has 2 nitrogen and oxygen atoms in total. The average Bonchev–Trinajstić information content (AvgIpc) is 2.69. The van der Waals surface area contributed by atoms with Crippen LogP contribution in [0.1, 0.15) is 37.4 Å². The van der Waals surface area contributed by atoms with Crippen LogP contribution in [0, 0.1) is 12.8 Å². The van der Waals surface area contributed by atoms with Crippen LogP contribution in [-0.2, 0) is 0 Å². The lowest BCUT2D eigenvalue weighted by Crippen LogP contribution is -2.32. The number of hydrogen-bond donors (Lipinski definition) is 1. The van der Waals surface area contributed by atoms with E-state index in [4.69, 9.17) is 0 Å². The molecule has 1 saturated heterocycles. The first kappa shape index (κ1) is 13.6. The van der Waals surface area contributed by atoms with Gasteiger partial charge in [-0.1, -0.05) is 38.1 Å². The van der Waals surface area contributed by atoms with Crippen molar-refractivity contribution in [2.45, 2.75) is 39.3 Å². The van der Waals surface area contributed by atoms with E-state index in [9.17, 15) is 0 Å². The molecule has 2 unspecified atom stereocenters. The fourth-order valence-corrected chi connectivity index (χ4v) is 3.04. The van der Waals surface area contributed by atoms with E-state index in [1.165, 1.54) is 24.1 Å². The first-order valence-corrected chi connectivity index (χ1v) is 7.08. The van der Waals surface area contributed by atoms with Crippen molar-refractivity contribution in [1.82, 2.24) is 10.2 Å². The Morgan fingerprint density at radius 3 is 2.72 bits per heavy atom. The lowest BCUT2D eigenvalue weighted by Gasteiger charge is -2.27. The summed E-state index contributed by atoms with van der Waals surface area (Å²) in [5.74, 6) is 0.735. The van der Waals surface area contributed by atoms with Gasteiger partial charge < -0.3 is 5.32 Å². The first-order valence-electron chi connectivity index (χ1n) is 7.08. The van der Waals surface area contributed by atoms with E-state index in [1.54, 1.807) is 0 Å². The van der Waals surface area contributed by atoms with Crippen molar-refractivity contribution in [3.05, 3.63) is 35.4 Å². The molecule has 2 atom stereocenters. The molecular weight excluding hydrogens is 220 g/mol. The molecule has 1 aromatic carbocycles. The summed E-state index contributed by atoms with van der Waals surface area (Å²) in [6, 6.07) is 9.99. The van der Waals surface area contributed by atoms with E-state index in [1.807, 2.05) is 0 Å². The third-order valence-electron chi connectivity index (χ3n) is 4.07. The minimum atomic E-state index is 0.577. The van der Waals surface area contributed by atoms with E-state index in [-0.39, 0.29) is 0 Å². The van der Waals surface area contributed by atoms with Gasteiger partial charge in [-0.05, 0) is 44.0 Å². The molecular formula is C16H26N2. The summed E-state index contributed by atoms with van der Waals surface area (Å²) in [5.41, 5.74) is 2.93. The molecule has 100 valence electrons. The Balaban J connectivity index is 2.15. The summed E-state index contributed by atoms with van der Waals surface area (Å²) in [5, 5.41) is 3.60. The van der Waals surface area contributed by atoms with Crippen molar-refractivity contribution in [1.29, 1.82) is 0 Å². The molecule has 1 fully saturated rings. The Morgan fingerprint density at radius 1 is 1.33 bits per heavy atom. The number of hydrogen-bond acceptors (Lipinski definition) is 2. The first-order chi connectivity index (χ1) is 8.59. The van der Waals surface area contributed by atoms with Crippen molar-refractivity contribution in [2.24, 2.45) is 5.92 Å². The Bertz CT molecular complexity index is 386. The Kier molecular flexibility index (Phi) is 4.41. The molecule has 18 heavy (non-hydrogen) atoms. The zero-order valence-corrected chi connectivity index (χ0v) is 12.1. The summed E-state index contributed by atoms with van der Waals surface area (Å²) in [7, 11) is 2.26. The van der Waals surface area contributed by atoms with E-state index in [0.717, 1.165) is 12.5 Å². The Hall–Kier alpha value is -0.860. The van der Waals surface area contributed by atoms with Crippen molar-refractivity contribution >= 4 is 0 Å². The lowest BCUT2D eigenvalue weighted by atomic mass is 9.91. The second kappa shape index (κ2) is 5.85. The summed E-state index contributed by atoms with van der Waals surface area (Å²) < 4.78 is 0. The molecule has 0 radical (unpaired) electrons. The quantitative estimate of drug-likeness (QED) is 0.878. The molecule has 0 amide bonds. The number of rotatable bonds is 4. The molecule has 2 heteroatoms. The molecule has 0 saturated carbocycles. The van der Waals surface area contributed by atoms with Gasteiger partial charge in [0.15, 0.2) is 0 Å². The minimum absolute atomic E-state index is 0.577. The SMILES string of the molecule is Cc1ccccc1C1C(CNC(C)C)CCN1C. The van der Waals surface area contributed by atoms with Crippen LogP contribution in [0.2, 0.25) is 0 Å². The highest BCUT2D eigenvalue weighted by molar-refractivity contribution is 5.30. The van der Waals surface area contributed by atoms with E-state index < -0.39 is 0 Å². The van der Waals surface area contributed by atoms with Crippen LogP contribution in [0.5, 0.6) is 0 Å². The fourth-order valence-electron chi connectivity index (χ4n) is 3.04. The van der Waals surface area contributed by atoms with Gasteiger partial charge in [0.25, 0.3) is 0 Å². The van der Waals surface area contributed by atoms with Gasteiger partial charge in [0.2, 0.25) is 0 Å². The van der Waals surface area contributed by atoms with Gasteiger partial charge >= 0.3 is 0 Å². The summed E-state index contributed by atoms with van der Waals surface area (Å²) in [6.45, 7) is 9.02. The second-order valence-electron chi connectivity index (χ2n) is 5.89.